The maximum atomic E-state index is 12.1. The van der Waals surface area contributed by atoms with Gasteiger partial charge in [0.15, 0.2) is 11.5 Å². The third-order valence-electron chi connectivity index (χ3n) is 5.05. The number of methoxy groups -OCH3 is 1. The van der Waals surface area contributed by atoms with Crippen LogP contribution in [-0.4, -0.2) is 60.3 Å². The number of carbonyl (C=O) groups excluding carboxylic acids is 1. The first-order chi connectivity index (χ1) is 11.6. The first-order valence-electron chi connectivity index (χ1n) is 8.36. The summed E-state index contributed by atoms with van der Waals surface area (Å²) in [7, 11) is 1.61. The first-order valence-corrected chi connectivity index (χ1v) is 9.76. The van der Waals surface area contributed by atoms with E-state index in [0.29, 0.717) is 35.5 Å². The van der Waals surface area contributed by atoms with Crippen LogP contribution in [0.5, 0.6) is 11.5 Å². The lowest BCUT2D eigenvalue weighted by atomic mass is 9.78. The highest BCUT2D eigenvalue weighted by atomic mass is 32.2. The molecule has 1 saturated heterocycles. The topological polar surface area (TPSA) is 59.0 Å². The van der Waals surface area contributed by atoms with Gasteiger partial charge in [0.1, 0.15) is 6.10 Å². The number of rotatable bonds is 5. The van der Waals surface area contributed by atoms with Crippen molar-refractivity contribution in [3.8, 4) is 11.5 Å². The number of aliphatic hydroxyl groups is 1. The summed E-state index contributed by atoms with van der Waals surface area (Å²) in [6.07, 6.45) is 2.65. The monoisotopic (exact) mass is 351 g/mol. The molecular weight excluding hydrogens is 326 g/mol. The van der Waals surface area contributed by atoms with Crippen molar-refractivity contribution in [2.45, 2.75) is 25.0 Å². The Morgan fingerprint density at radius 3 is 2.58 bits per heavy atom. The molecule has 1 saturated carbocycles. The summed E-state index contributed by atoms with van der Waals surface area (Å²) in [4.78, 5) is 14.1. The van der Waals surface area contributed by atoms with Gasteiger partial charge in [-0.15, -0.1) is 0 Å². The van der Waals surface area contributed by atoms with E-state index >= 15 is 0 Å². The Balaban J connectivity index is 1.65. The molecule has 1 aromatic rings. The number of aliphatic hydroxyl groups excluding tert-OH is 1. The Morgan fingerprint density at radius 1 is 1.25 bits per heavy atom. The average molecular weight is 351 g/mol. The van der Waals surface area contributed by atoms with Crippen molar-refractivity contribution in [1.82, 2.24) is 4.90 Å². The van der Waals surface area contributed by atoms with Crippen LogP contribution in [0.3, 0.4) is 0 Å². The van der Waals surface area contributed by atoms with Crippen LogP contribution in [0.25, 0.3) is 0 Å². The van der Waals surface area contributed by atoms with Crippen LogP contribution in [0.4, 0.5) is 0 Å². The molecule has 24 heavy (non-hydrogen) atoms. The Morgan fingerprint density at radius 2 is 1.92 bits per heavy atom. The van der Waals surface area contributed by atoms with E-state index in [9.17, 15) is 9.90 Å². The van der Waals surface area contributed by atoms with Crippen LogP contribution in [0.1, 0.15) is 12.8 Å². The van der Waals surface area contributed by atoms with Crippen molar-refractivity contribution < 1.29 is 19.4 Å². The van der Waals surface area contributed by atoms with Crippen molar-refractivity contribution in [2.75, 3.05) is 32.2 Å². The molecule has 2 aliphatic rings. The zero-order valence-electron chi connectivity index (χ0n) is 14.2. The second-order valence-electron chi connectivity index (χ2n) is 6.60. The maximum absolute atomic E-state index is 12.1. The normalized spacial score (nSPS) is 29.2. The molecule has 2 fully saturated rings. The second kappa shape index (κ2) is 7.66. The molecule has 4 atom stereocenters. The summed E-state index contributed by atoms with van der Waals surface area (Å²) in [6, 6.07) is 7.51. The van der Waals surface area contributed by atoms with E-state index in [-0.39, 0.29) is 12.0 Å². The minimum absolute atomic E-state index is 0.202. The largest absolute Gasteiger partial charge is 0.493 e. The predicted molar refractivity (Wildman–Crippen MR) is 94.6 cm³/mol. The predicted octanol–water partition coefficient (Wildman–Crippen LogP) is 2.03. The average Bonchev–Trinajstić information content (AvgIpc) is 2.99. The number of hydrogen-bond acceptors (Lipinski definition) is 5. The molecule has 0 aromatic heterocycles. The van der Waals surface area contributed by atoms with Gasteiger partial charge in [-0.25, -0.2) is 0 Å². The number of amides is 1. The fourth-order valence-corrected chi connectivity index (χ4v) is 4.24. The molecule has 1 N–H and O–H groups in total. The van der Waals surface area contributed by atoms with E-state index in [1.165, 1.54) is 0 Å². The van der Waals surface area contributed by atoms with Gasteiger partial charge in [0.25, 0.3) is 0 Å². The van der Waals surface area contributed by atoms with Gasteiger partial charge in [0.2, 0.25) is 5.91 Å². The van der Waals surface area contributed by atoms with Crippen LogP contribution in [0.15, 0.2) is 24.3 Å². The van der Waals surface area contributed by atoms with Crippen LogP contribution in [-0.2, 0) is 4.79 Å². The van der Waals surface area contributed by atoms with Gasteiger partial charge in [-0.3, -0.25) is 4.79 Å². The van der Waals surface area contributed by atoms with Gasteiger partial charge < -0.3 is 19.5 Å². The zero-order chi connectivity index (χ0) is 17.1. The van der Waals surface area contributed by atoms with E-state index in [4.69, 9.17) is 9.47 Å². The van der Waals surface area contributed by atoms with Gasteiger partial charge in [-0.05, 0) is 43.1 Å². The number of nitrogens with zero attached hydrogens (tertiary/aromatic N) is 1. The number of likely N-dealkylation sites (tertiary alicyclic amines) is 1. The molecule has 1 heterocycles. The van der Waals surface area contributed by atoms with E-state index in [1.54, 1.807) is 18.9 Å². The summed E-state index contributed by atoms with van der Waals surface area (Å²) in [5, 5.41) is 10.5. The third kappa shape index (κ3) is 3.64. The Labute approximate surface area is 147 Å². The molecule has 0 unspecified atom stereocenters. The smallest absolute Gasteiger partial charge is 0.232 e. The fraction of sp³-hybridized carbons (Fsp3) is 0.611. The highest BCUT2D eigenvalue weighted by molar-refractivity contribution is 7.99. The summed E-state index contributed by atoms with van der Waals surface area (Å²) in [5.41, 5.74) is 0. The van der Waals surface area contributed by atoms with Crippen molar-refractivity contribution in [3.63, 3.8) is 0 Å². The van der Waals surface area contributed by atoms with E-state index in [2.05, 4.69) is 0 Å². The Kier molecular flexibility index (Phi) is 5.56. The molecule has 0 bridgehead atoms. The molecule has 6 heteroatoms. The molecule has 1 amide bonds. The number of hydrogen-bond donors (Lipinski definition) is 1. The Hall–Kier alpha value is -1.40. The lowest BCUT2D eigenvalue weighted by molar-refractivity contribution is -0.127. The summed E-state index contributed by atoms with van der Waals surface area (Å²) >= 11 is 1.56. The van der Waals surface area contributed by atoms with Gasteiger partial charge in [0.05, 0.1) is 19.0 Å². The number of benzene rings is 1. The molecule has 0 spiro atoms. The summed E-state index contributed by atoms with van der Waals surface area (Å²) in [5.74, 6) is 2.85. The van der Waals surface area contributed by atoms with Crippen molar-refractivity contribution in [1.29, 1.82) is 0 Å². The van der Waals surface area contributed by atoms with E-state index < -0.39 is 6.10 Å². The number of carbonyl (C=O) groups is 1. The van der Waals surface area contributed by atoms with Crippen molar-refractivity contribution >= 4 is 17.7 Å². The quantitative estimate of drug-likeness (QED) is 0.880. The number of fused-ring (bicyclic) bond motifs is 1. The van der Waals surface area contributed by atoms with Crippen LogP contribution >= 0.6 is 11.8 Å². The standard InChI is InChI=1S/C18H25NO4S/c1-22-15-5-3-4-6-16(15)23-17-8-13-10-19(18(21)11-24-2)9-12(13)7-14(17)20/h3-6,12-14,17,20H,7-11H2,1-2H3/t12-,13+,14+,17+/m0/s1. The molecule has 1 aliphatic heterocycles. The van der Waals surface area contributed by atoms with Crippen LogP contribution < -0.4 is 9.47 Å². The lowest BCUT2D eigenvalue weighted by Crippen LogP contribution is -2.42. The Bertz CT molecular complexity index is 582. The molecule has 0 radical (unpaired) electrons. The SMILES string of the molecule is COc1ccccc1O[C@@H]1C[C@@H]2CN(C(=O)CSC)C[C@@H]2C[C@H]1O. The molecule has 1 aliphatic carbocycles. The summed E-state index contributed by atoms with van der Waals surface area (Å²) < 4.78 is 11.4. The molecule has 1 aromatic carbocycles. The first kappa shape index (κ1) is 17.4. The van der Waals surface area contributed by atoms with Crippen LogP contribution in [0, 0.1) is 11.8 Å². The zero-order valence-corrected chi connectivity index (χ0v) is 15.0. The highest BCUT2D eigenvalue weighted by Gasteiger charge is 2.43. The molecular formula is C18H25NO4S. The van der Waals surface area contributed by atoms with Gasteiger partial charge >= 0.3 is 0 Å². The van der Waals surface area contributed by atoms with E-state index in [1.807, 2.05) is 35.4 Å². The fourth-order valence-electron chi connectivity index (χ4n) is 3.81. The number of thioether (sulfide) groups is 1. The van der Waals surface area contributed by atoms with Crippen molar-refractivity contribution in [3.05, 3.63) is 24.3 Å². The number of ether oxygens (including phenoxy) is 2. The molecule has 3 rings (SSSR count). The van der Waals surface area contributed by atoms with Gasteiger partial charge in [-0.2, -0.15) is 11.8 Å². The highest BCUT2D eigenvalue weighted by Crippen LogP contribution is 2.39. The molecule has 132 valence electrons. The molecule has 5 nitrogen and oxygen atoms in total. The minimum atomic E-state index is -0.508. The third-order valence-corrected chi connectivity index (χ3v) is 5.59. The lowest BCUT2D eigenvalue weighted by Gasteiger charge is -2.35. The maximum Gasteiger partial charge on any atom is 0.232 e. The van der Waals surface area contributed by atoms with E-state index in [0.717, 1.165) is 19.5 Å². The minimum Gasteiger partial charge on any atom is -0.493 e. The van der Waals surface area contributed by atoms with Gasteiger partial charge in [0, 0.05) is 13.1 Å². The van der Waals surface area contributed by atoms with Crippen LogP contribution in [0.2, 0.25) is 0 Å². The number of para-hydroxylation sites is 2. The second-order valence-corrected chi connectivity index (χ2v) is 7.46. The van der Waals surface area contributed by atoms with Crippen molar-refractivity contribution in [2.24, 2.45) is 11.8 Å². The summed E-state index contributed by atoms with van der Waals surface area (Å²) in [6.45, 7) is 1.55. The van der Waals surface area contributed by atoms with Gasteiger partial charge in [-0.1, -0.05) is 12.1 Å².